The fourth-order valence-corrected chi connectivity index (χ4v) is 7.28. The topological polar surface area (TPSA) is 37.4 Å². The van der Waals surface area contributed by atoms with Crippen molar-refractivity contribution in [3.05, 3.63) is 14.9 Å². The van der Waals surface area contributed by atoms with Crippen molar-refractivity contribution in [1.29, 1.82) is 0 Å². The fourth-order valence-electron chi connectivity index (χ4n) is 2.19. The zero-order chi connectivity index (χ0) is 14.0. The molecular formula is C11H14Br2ClNO2S2. The van der Waals surface area contributed by atoms with Crippen molar-refractivity contribution in [2.24, 2.45) is 0 Å². The molecule has 2 heterocycles. The molecule has 0 aliphatic carbocycles. The first-order valence-electron chi connectivity index (χ1n) is 5.99. The van der Waals surface area contributed by atoms with E-state index < -0.39 is 10.0 Å². The molecule has 3 nitrogen and oxygen atoms in total. The molecule has 108 valence electrons. The number of alkyl halides is 1. The smallest absolute Gasteiger partial charge is 0.206 e. The van der Waals surface area contributed by atoms with Crippen LogP contribution in [0.1, 0.15) is 25.7 Å². The summed E-state index contributed by atoms with van der Waals surface area (Å²) in [6.07, 6.45) is 4.00. The SMILES string of the molecule is O=S(=O)(c1cc(Cl)c(Br)s1)N1CCCCCC1CBr. The molecule has 2 rings (SSSR count). The number of hydrogen-bond donors (Lipinski definition) is 0. The average molecular weight is 452 g/mol. The van der Waals surface area contributed by atoms with Gasteiger partial charge >= 0.3 is 0 Å². The molecule has 1 fully saturated rings. The van der Waals surface area contributed by atoms with Crippen molar-refractivity contribution in [2.45, 2.75) is 35.9 Å². The molecule has 0 N–H and O–H groups in total. The van der Waals surface area contributed by atoms with Crippen LogP contribution in [0.4, 0.5) is 0 Å². The summed E-state index contributed by atoms with van der Waals surface area (Å²) in [5, 5.41) is 1.13. The molecule has 1 aliphatic rings. The Hall–Kier alpha value is 0.860. The maximum absolute atomic E-state index is 12.7. The second-order valence-corrected chi connectivity index (χ2v) is 10.0. The molecule has 1 aliphatic heterocycles. The lowest BCUT2D eigenvalue weighted by molar-refractivity contribution is 0.348. The first-order chi connectivity index (χ1) is 8.96. The van der Waals surface area contributed by atoms with Gasteiger partial charge in [-0.25, -0.2) is 8.42 Å². The van der Waals surface area contributed by atoms with Gasteiger partial charge in [-0.05, 0) is 34.8 Å². The third kappa shape index (κ3) is 3.55. The molecule has 1 saturated heterocycles. The number of nitrogens with zero attached hydrogens (tertiary/aromatic N) is 1. The number of hydrogen-bond acceptors (Lipinski definition) is 3. The summed E-state index contributed by atoms with van der Waals surface area (Å²) in [4.78, 5) is 0. The van der Waals surface area contributed by atoms with Gasteiger partial charge in [-0.1, -0.05) is 40.4 Å². The van der Waals surface area contributed by atoms with Gasteiger partial charge < -0.3 is 0 Å². The van der Waals surface area contributed by atoms with Crippen molar-refractivity contribution in [3.63, 3.8) is 0 Å². The van der Waals surface area contributed by atoms with Gasteiger partial charge in [0.25, 0.3) is 10.0 Å². The van der Waals surface area contributed by atoms with Gasteiger partial charge in [0, 0.05) is 17.9 Å². The molecule has 8 heteroatoms. The minimum atomic E-state index is -3.44. The second kappa shape index (κ2) is 6.75. The van der Waals surface area contributed by atoms with E-state index in [0.717, 1.165) is 25.7 Å². The van der Waals surface area contributed by atoms with E-state index >= 15 is 0 Å². The maximum atomic E-state index is 12.7. The van der Waals surface area contributed by atoms with Gasteiger partial charge in [0.05, 0.1) is 8.81 Å². The monoisotopic (exact) mass is 449 g/mol. The summed E-state index contributed by atoms with van der Waals surface area (Å²) < 4.78 is 28.0. The van der Waals surface area contributed by atoms with E-state index in [0.29, 0.717) is 24.9 Å². The van der Waals surface area contributed by atoms with Crippen molar-refractivity contribution in [3.8, 4) is 0 Å². The molecule has 1 aromatic heterocycles. The highest BCUT2D eigenvalue weighted by Gasteiger charge is 2.33. The number of halogens is 3. The minimum Gasteiger partial charge on any atom is -0.206 e. The first kappa shape index (κ1) is 16.2. The van der Waals surface area contributed by atoms with Gasteiger partial charge in [-0.15, -0.1) is 11.3 Å². The van der Waals surface area contributed by atoms with Crippen LogP contribution in [0.25, 0.3) is 0 Å². The summed E-state index contributed by atoms with van der Waals surface area (Å²) in [5.74, 6) is 0. The standard InChI is InChI=1S/C11H14Br2ClNO2S2/c12-7-8-4-2-1-3-5-15(8)19(16,17)10-6-9(14)11(13)18-10/h6,8H,1-5,7H2. The third-order valence-electron chi connectivity index (χ3n) is 3.19. The summed E-state index contributed by atoms with van der Waals surface area (Å²) >= 11 is 13.8. The predicted molar refractivity (Wildman–Crippen MR) is 87.0 cm³/mol. The quantitative estimate of drug-likeness (QED) is 0.635. The molecule has 0 spiro atoms. The van der Waals surface area contributed by atoms with Crippen LogP contribution in [0.3, 0.4) is 0 Å². The molecule has 1 unspecified atom stereocenters. The molecular weight excluding hydrogens is 438 g/mol. The second-order valence-electron chi connectivity index (χ2n) is 4.46. The van der Waals surface area contributed by atoms with E-state index in [1.54, 1.807) is 4.31 Å². The van der Waals surface area contributed by atoms with Crippen LogP contribution >= 0.6 is 54.8 Å². The van der Waals surface area contributed by atoms with Crippen LogP contribution in [0.5, 0.6) is 0 Å². The summed E-state index contributed by atoms with van der Waals surface area (Å²) in [7, 11) is -3.44. The molecule has 0 saturated carbocycles. The van der Waals surface area contributed by atoms with Gasteiger partial charge in [-0.3, -0.25) is 0 Å². The molecule has 19 heavy (non-hydrogen) atoms. The largest absolute Gasteiger partial charge is 0.252 e. The number of thiophene rings is 1. The molecule has 1 atom stereocenters. The fraction of sp³-hybridized carbons (Fsp3) is 0.636. The molecule has 0 amide bonds. The summed E-state index contributed by atoms with van der Waals surface area (Å²) in [6, 6.07) is 1.56. The van der Waals surface area contributed by atoms with Crippen LogP contribution in [0.15, 0.2) is 14.1 Å². The Balaban J connectivity index is 2.35. The van der Waals surface area contributed by atoms with Crippen LogP contribution in [-0.2, 0) is 10.0 Å². The van der Waals surface area contributed by atoms with Crippen LogP contribution in [-0.4, -0.2) is 30.6 Å². The van der Waals surface area contributed by atoms with E-state index in [1.165, 1.54) is 17.4 Å². The first-order valence-corrected chi connectivity index (χ1v) is 10.5. The summed E-state index contributed by atoms with van der Waals surface area (Å²) in [6.45, 7) is 0.589. The van der Waals surface area contributed by atoms with Crippen LogP contribution in [0.2, 0.25) is 5.02 Å². The van der Waals surface area contributed by atoms with E-state index in [-0.39, 0.29) is 6.04 Å². The number of rotatable bonds is 3. The average Bonchev–Trinajstić information content (AvgIpc) is 2.61. The minimum absolute atomic E-state index is 0.0344. The van der Waals surface area contributed by atoms with Crippen molar-refractivity contribution >= 4 is 64.8 Å². The Labute approximate surface area is 139 Å². The van der Waals surface area contributed by atoms with Gasteiger partial charge in [0.15, 0.2) is 0 Å². The maximum Gasteiger partial charge on any atom is 0.252 e. The Kier molecular flexibility index (Phi) is 5.77. The molecule has 0 bridgehead atoms. The Bertz CT molecular complexity index is 527. The molecule has 0 aromatic carbocycles. The highest BCUT2D eigenvalue weighted by Crippen LogP contribution is 2.37. The highest BCUT2D eigenvalue weighted by molar-refractivity contribution is 9.11. The third-order valence-corrected chi connectivity index (χ3v) is 8.81. The van der Waals surface area contributed by atoms with Crippen molar-refractivity contribution in [2.75, 3.05) is 11.9 Å². The van der Waals surface area contributed by atoms with Crippen LogP contribution < -0.4 is 0 Å². The Morgan fingerprint density at radius 2 is 2.16 bits per heavy atom. The van der Waals surface area contributed by atoms with E-state index in [9.17, 15) is 8.42 Å². The van der Waals surface area contributed by atoms with Crippen molar-refractivity contribution in [1.82, 2.24) is 4.31 Å². The Morgan fingerprint density at radius 1 is 1.42 bits per heavy atom. The van der Waals surface area contributed by atoms with Crippen molar-refractivity contribution < 1.29 is 8.42 Å². The molecule has 1 aromatic rings. The van der Waals surface area contributed by atoms with Gasteiger partial charge in [-0.2, -0.15) is 4.31 Å². The van der Waals surface area contributed by atoms with Gasteiger partial charge in [0.2, 0.25) is 0 Å². The molecule has 0 radical (unpaired) electrons. The normalized spacial score (nSPS) is 22.4. The zero-order valence-corrected chi connectivity index (χ0v) is 15.7. The Morgan fingerprint density at radius 3 is 2.74 bits per heavy atom. The lowest BCUT2D eigenvalue weighted by atomic mass is 10.1. The predicted octanol–water partition coefficient (Wildman–Crippen LogP) is 4.49. The zero-order valence-electron chi connectivity index (χ0n) is 10.1. The van der Waals surface area contributed by atoms with Gasteiger partial charge in [0.1, 0.15) is 4.21 Å². The number of sulfonamides is 1. The lowest BCUT2D eigenvalue weighted by Crippen LogP contribution is -2.40. The lowest BCUT2D eigenvalue weighted by Gasteiger charge is -2.27. The van der Waals surface area contributed by atoms with E-state index in [1.807, 2.05) is 0 Å². The highest BCUT2D eigenvalue weighted by atomic mass is 79.9. The summed E-state index contributed by atoms with van der Waals surface area (Å²) in [5.41, 5.74) is 0. The van der Waals surface area contributed by atoms with E-state index in [4.69, 9.17) is 11.6 Å². The van der Waals surface area contributed by atoms with E-state index in [2.05, 4.69) is 31.9 Å². The van der Waals surface area contributed by atoms with Crippen LogP contribution in [0, 0.1) is 0 Å².